The summed E-state index contributed by atoms with van der Waals surface area (Å²) >= 11 is 5.85. The molecule has 0 aromatic heterocycles. The summed E-state index contributed by atoms with van der Waals surface area (Å²) in [4.78, 5) is 22.2. The molecule has 98 valence electrons. The van der Waals surface area contributed by atoms with Gasteiger partial charge in [-0.25, -0.2) is 0 Å². The van der Waals surface area contributed by atoms with E-state index in [1.165, 1.54) is 0 Å². The summed E-state index contributed by atoms with van der Waals surface area (Å²) in [5.74, 6) is 0.314. The van der Waals surface area contributed by atoms with E-state index in [1.807, 2.05) is 13.8 Å². The summed E-state index contributed by atoms with van der Waals surface area (Å²) in [6.45, 7) is 3.99. The molecule has 5 heteroatoms. The second kappa shape index (κ2) is 7.01. The second-order valence-corrected chi connectivity index (χ2v) is 4.50. The van der Waals surface area contributed by atoms with Crippen LogP contribution in [0.1, 0.15) is 30.6 Å². The summed E-state index contributed by atoms with van der Waals surface area (Å²) < 4.78 is 5.38. The van der Waals surface area contributed by atoms with Gasteiger partial charge in [0, 0.05) is 6.04 Å². The Hall–Kier alpha value is -1.55. The van der Waals surface area contributed by atoms with Crippen LogP contribution in [0.2, 0.25) is 5.02 Å². The number of ether oxygens (including phenoxy) is 1. The molecule has 0 spiro atoms. The lowest BCUT2D eigenvalue weighted by molar-refractivity contribution is -0.122. The van der Waals surface area contributed by atoms with Crippen LogP contribution in [0.15, 0.2) is 18.2 Å². The van der Waals surface area contributed by atoms with Gasteiger partial charge in [0.05, 0.1) is 23.6 Å². The highest BCUT2D eigenvalue weighted by molar-refractivity contribution is 6.33. The molecular weight excluding hydrogens is 254 g/mol. The van der Waals surface area contributed by atoms with Gasteiger partial charge in [0.2, 0.25) is 5.91 Å². The number of benzene rings is 1. The monoisotopic (exact) mass is 269 g/mol. The number of carbonyl (C=O) groups excluding carboxylic acids is 2. The lowest BCUT2D eigenvalue weighted by atomic mass is 10.2. The van der Waals surface area contributed by atoms with Crippen LogP contribution in [-0.4, -0.2) is 24.8 Å². The van der Waals surface area contributed by atoms with Crippen molar-refractivity contribution in [3.63, 3.8) is 0 Å². The fourth-order valence-corrected chi connectivity index (χ4v) is 1.62. The van der Waals surface area contributed by atoms with Crippen molar-refractivity contribution < 1.29 is 14.3 Å². The Morgan fingerprint density at radius 2 is 2.22 bits per heavy atom. The predicted octanol–water partition coefficient (Wildman–Crippen LogP) is 2.45. The van der Waals surface area contributed by atoms with Crippen LogP contribution in [-0.2, 0) is 4.79 Å². The average Bonchev–Trinajstić information content (AvgIpc) is 2.28. The number of hydrogen-bond donors (Lipinski definition) is 1. The van der Waals surface area contributed by atoms with E-state index < -0.39 is 0 Å². The van der Waals surface area contributed by atoms with Gasteiger partial charge in [0.25, 0.3) is 0 Å². The fourth-order valence-electron chi connectivity index (χ4n) is 1.41. The van der Waals surface area contributed by atoms with E-state index in [0.29, 0.717) is 22.6 Å². The van der Waals surface area contributed by atoms with E-state index in [4.69, 9.17) is 16.3 Å². The molecule has 18 heavy (non-hydrogen) atoms. The van der Waals surface area contributed by atoms with Gasteiger partial charge in [-0.2, -0.15) is 0 Å². The maximum atomic E-state index is 11.4. The zero-order valence-electron chi connectivity index (χ0n) is 10.4. The Balaban J connectivity index is 2.52. The molecule has 0 unspecified atom stereocenters. The molecule has 0 aliphatic rings. The van der Waals surface area contributed by atoms with Crippen molar-refractivity contribution in [2.24, 2.45) is 0 Å². The van der Waals surface area contributed by atoms with Crippen LogP contribution in [0.5, 0.6) is 5.75 Å². The first-order valence-electron chi connectivity index (χ1n) is 5.70. The molecule has 1 amide bonds. The van der Waals surface area contributed by atoms with Gasteiger partial charge in [0.15, 0.2) is 6.29 Å². The minimum Gasteiger partial charge on any atom is -0.492 e. The van der Waals surface area contributed by atoms with Crippen molar-refractivity contribution in [2.75, 3.05) is 6.61 Å². The normalized spacial score (nSPS) is 10.2. The minimum atomic E-state index is -0.0836. The van der Waals surface area contributed by atoms with Crippen LogP contribution in [0.3, 0.4) is 0 Å². The summed E-state index contributed by atoms with van der Waals surface area (Å²) in [6, 6.07) is 5.06. The number of hydrogen-bond acceptors (Lipinski definition) is 3. The second-order valence-electron chi connectivity index (χ2n) is 4.09. The molecule has 0 radical (unpaired) electrons. The van der Waals surface area contributed by atoms with Crippen LogP contribution in [0.25, 0.3) is 0 Å². The molecule has 1 aromatic carbocycles. The van der Waals surface area contributed by atoms with Gasteiger partial charge >= 0.3 is 0 Å². The Bertz CT molecular complexity index is 432. The third kappa shape index (κ3) is 4.37. The SMILES string of the molecule is CC(C)NC(=O)CCOc1cccc(Cl)c1C=O. The van der Waals surface area contributed by atoms with E-state index in [-0.39, 0.29) is 25.0 Å². The molecular formula is C13H16ClNO3. The smallest absolute Gasteiger partial charge is 0.223 e. The fraction of sp³-hybridized carbons (Fsp3) is 0.385. The number of aldehydes is 1. The van der Waals surface area contributed by atoms with E-state index >= 15 is 0 Å². The van der Waals surface area contributed by atoms with Crippen LogP contribution in [0, 0.1) is 0 Å². The van der Waals surface area contributed by atoms with Gasteiger partial charge in [0.1, 0.15) is 5.75 Å². The number of nitrogens with one attached hydrogen (secondary N) is 1. The van der Waals surface area contributed by atoms with Gasteiger partial charge < -0.3 is 10.1 Å². The standard InChI is InChI=1S/C13H16ClNO3/c1-9(2)15-13(17)6-7-18-12-5-3-4-11(14)10(12)8-16/h3-5,8-9H,6-7H2,1-2H3,(H,15,17). The lowest BCUT2D eigenvalue weighted by Crippen LogP contribution is -2.31. The highest BCUT2D eigenvalue weighted by atomic mass is 35.5. The maximum absolute atomic E-state index is 11.4. The largest absolute Gasteiger partial charge is 0.492 e. The van der Waals surface area contributed by atoms with E-state index in [9.17, 15) is 9.59 Å². The predicted molar refractivity (Wildman–Crippen MR) is 70.2 cm³/mol. The average molecular weight is 270 g/mol. The molecule has 0 fully saturated rings. The van der Waals surface area contributed by atoms with E-state index in [2.05, 4.69) is 5.32 Å². The summed E-state index contributed by atoms with van der Waals surface area (Å²) in [7, 11) is 0. The molecule has 1 aromatic rings. The van der Waals surface area contributed by atoms with Crippen LogP contribution < -0.4 is 10.1 Å². The van der Waals surface area contributed by atoms with Gasteiger partial charge in [-0.05, 0) is 26.0 Å². The summed E-state index contributed by atoms with van der Waals surface area (Å²) in [5, 5.41) is 3.10. The first kappa shape index (κ1) is 14.5. The molecule has 0 saturated heterocycles. The molecule has 1 rings (SSSR count). The Morgan fingerprint density at radius 3 is 2.83 bits per heavy atom. The minimum absolute atomic E-state index is 0.0836. The zero-order chi connectivity index (χ0) is 13.5. The van der Waals surface area contributed by atoms with Gasteiger partial charge in [-0.15, -0.1) is 0 Å². The van der Waals surface area contributed by atoms with E-state index in [1.54, 1.807) is 18.2 Å². The first-order chi connectivity index (χ1) is 8.54. The van der Waals surface area contributed by atoms with Crippen LogP contribution >= 0.6 is 11.6 Å². The third-order valence-electron chi connectivity index (χ3n) is 2.17. The topological polar surface area (TPSA) is 55.4 Å². The number of amides is 1. The Labute approximate surface area is 111 Å². The molecule has 0 saturated carbocycles. The number of carbonyl (C=O) groups is 2. The van der Waals surface area contributed by atoms with Gasteiger partial charge in [-0.3, -0.25) is 9.59 Å². The van der Waals surface area contributed by atoms with Crippen molar-refractivity contribution in [3.05, 3.63) is 28.8 Å². The highest BCUT2D eigenvalue weighted by Crippen LogP contribution is 2.24. The lowest BCUT2D eigenvalue weighted by Gasteiger charge is -2.10. The molecule has 0 bridgehead atoms. The summed E-state index contributed by atoms with van der Waals surface area (Å²) in [6.07, 6.45) is 0.884. The number of halogens is 1. The first-order valence-corrected chi connectivity index (χ1v) is 6.08. The third-order valence-corrected chi connectivity index (χ3v) is 2.50. The molecule has 0 heterocycles. The Morgan fingerprint density at radius 1 is 1.50 bits per heavy atom. The number of rotatable bonds is 6. The van der Waals surface area contributed by atoms with Gasteiger partial charge in [-0.1, -0.05) is 17.7 Å². The van der Waals surface area contributed by atoms with Crippen LogP contribution in [0.4, 0.5) is 0 Å². The Kier molecular flexibility index (Phi) is 5.65. The molecule has 0 aliphatic carbocycles. The zero-order valence-corrected chi connectivity index (χ0v) is 11.2. The molecule has 0 atom stereocenters. The van der Waals surface area contributed by atoms with Crippen molar-refractivity contribution in [3.8, 4) is 5.75 Å². The molecule has 1 N–H and O–H groups in total. The van der Waals surface area contributed by atoms with Crippen molar-refractivity contribution >= 4 is 23.8 Å². The van der Waals surface area contributed by atoms with E-state index in [0.717, 1.165) is 0 Å². The highest BCUT2D eigenvalue weighted by Gasteiger charge is 2.08. The molecule has 0 aliphatic heterocycles. The van der Waals surface area contributed by atoms with Crippen molar-refractivity contribution in [2.45, 2.75) is 26.3 Å². The summed E-state index contributed by atoms with van der Waals surface area (Å²) in [5.41, 5.74) is 0.309. The quantitative estimate of drug-likeness (QED) is 0.807. The molecule has 4 nitrogen and oxygen atoms in total. The van der Waals surface area contributed by atoms with Crippen molar-refractivity contribution in [1.29, 1.82) is 0 Å². The van der Waals surface area contributed by atoms with Crippen molar-refractivity contribution in [1.82, 2.24) is 5.32 Å². The maximum Gasteiger partial charge on any atom is 0.223 e.